The Morgan fingerprint density at radius 3 is 1.06 bits per heavy atom. The quantitative estimate of drug-likeness (QED) is 0.0321. The smallest absolute Gasteiger partial charge is 0.305 e. The lowest BCUT2D eigenvalue weighted by Gasteiger charge is -2.20. The lowest BCUT2D eigenvalue weighted by Crippen LogP contribution is -2.45. The van der Waals surface area contributed by atoms with Crippen LogP contribution >= 0.6 is 0 Å². The number of hydrogen-bond acceptors (Lipinski definition) is 5. The molecule has 0 rings (SSSR count). The van der Waals surface area contributed by atoms with E-state index in [0.717, 1.165) is 44.9 Å². The van der Waals surface area contributed by atoms with E-state index in [1.54, 1.807) is 6.08 Å². The van der Waals surface area contributed by atoms with Crippen LogP contribution in [0.2, 0.25) is 0 Å². The highest BCUT2D eigenvalue weighted by molar-refractivity contribution is 5.76. The van der Waals surface area contributed by atoms with Gasteiger partial charge in [-0.25, -0.2) is 0 Å². The zero-order valence-corrected chi connectivity index (χ0v) is 46.6. The number of carbonyl (C=O) groups excluding carboxylic acids is 2. The summed E-state index contributed by atoms with van der Waals surface area (Å²) in [6.07, 6.45) is 72.4. The third-order valence-corrected chi connectivity index (χ3v) is 14.5. The number of ether oxygens (including phenoxy) is 1. The van der Waals surface area contributed by atoms with Crippen molar-refractivity contribution in [1.29, 1.82) is 0 Å². The van der Waals surface area contributed by atoms with Gasteiger partial charge in [0.2, 0.25) is 5.91 Å². The Morgan fingerprint density at radius 2 is 0.681 bits per heavy atom. The first-order valence-electron chi connectivity index (χ1n) is 31.1. The summed E-state index contributed by atoms with van der Waals surface area (Å²) in [5.74, 6) is -0.0556. The fourth-order valence-corrected chi connectivity index (χ4v) is 9.69. The maximum absolute atomic E-state index is 12.4. The van der Waals surface area contributed by atoms with Crippen molar-refractivity contribution in [3.8, 4) is 0 Å². The van der Waals surface area contributed by atoms with E-state index in [-0.39, 0.29) is 18.5 Å². The van der Waals surface area contributed by atoms with Gasteiger partial charge in [-0.15, -0.1) is 0 Å². The van der Waals surface area contributed by atoms with Gasteiger partial charge in [0.15, 0.2) is 0 Å². The number of aliphatic hydroxyl groups excluding tert-OH is 2. The first kappa shape index (κ1) is 67.3. The van der Waals surface area contributed by atoms with Crippen molar-refractivity contribution in [2.75, 3.05) is 13.2 Å². The number of hydrogen-bond donors (Lipinski definition) is 3. The summed E-state index contributed by atoms with van der Waals surface area (Å²) in [6, 6.07) is -0.623. The Balaban J connectivity index is 3.33. The second-order valence-corrected chi connectivity index (χ2v) is 21.4. The molecule has 69 heavy (non-hydrogen) atoms. The average Bonchev–Trinajstić information content (AvgIpc) is 3.35. The number of amides is 1. The fraction of sp³-hybridized carbons (Fsp3) is 0.905. The molecular weight excluding hydrogens is 851 g/mol. The molecule has 0 spiro atoms. The topological polar surface area (TPSA) is 95.9 Å². The van der Waals surface area contributed by atoms with E-state index >= 15 is 0 Å². The lowest BCUT2D eigenvalue weighted by atomic mass is 10.0. The minimum absolute atomic E-state index is 0.00905. The second kappa shape index (κ2) is 58.9. The van der Waals surface area contributed by atoms with Crippen molar-refractivity contribution >= 4 is 11.9 Å². The zero-order valence-electron chi connectivity index (χ0n) is 46.6. The Labute approximate surface area is 431 Å². The molecule has 0 radical (unpaired) electrons. The number of esters is 1. The van der Waals surface area contributed by atoms with Gasteiger partial charge >= 0.3 is 5.97 Å². The monoisotopic (exact) mass is 972 g/mol. The van der Waals surface area contributed by atoms with E-state index in [2.05, 4.69) is 31.3 Å². The van der Waals surface area contributed by atoms with Crippen LogP contribution in [0, 0.1) is 0 Å². The molecule has 0 fully saturated rings. The van der Waals surface area contributed by atoms with Gasteiger partial charge in [0.25, 0.3) is 0 Å². The third-order valence-electron chi connectivity index (χ3n) is 14.5. The zero-order chi connectivity index (χ0) is 50.0. The fourth-order valence-electron chi connectivity index (χ4n) is 9.69. The van der Waals surface area contributed by atoms with Gasteiger partial charge < -0.3 is 20.3 Å². The normalized spacial score (nSPS) is 12.7. The Kier molecular flexibility index (Phi) is 57.5. The molecule has 2 unspecified atom stereocenters. The van der Waals surface area contributed by atoms with Crippen LogP contribution in [-0.2, 0) is 14.3 Å². The second-order valence-electron chi connectivity index (χ2n) is 21.4. The number of allylic oxidation sites excluding steroid dienone is 3. The molecule has 0 aromatic rings. The molecule has 408 valence electrons. The molecule has 0 bridgehead atoms. The molecule has 0 aromatic carbocycles. The standard InChI is InChI=1S/C63H121NO5/c1-3-5-7-9-11-13-15-37-41-45-49-53-57-63(68)69-58-54-50-46-42-38-34-32-30-28-26-24-22-20-18-16-17-19-21-23-25-27-29-31-33-36-40-44-48-52-56-62(67)64-60(59-65)61(66)55-51-47-43-39-35-14-12-10-8-6-4-2/h11,13,51,55,60-61,65-66H,3-10,12,14-50,52-54,56-59H2,1-2H3,(H,64,67)/b13-11-,55-51+. The third kappa shape index (κ3) is 55.5. The number of unbranched alkanes of at least 4 members (excludes halogenated alkanes) is 45. The highest BCUT2D eigenvalue weighted by atomic mass is 16.5. The van der Waals surface area contributed by atoms with Crippen LogP contribution in [0.5, 0.6) is 0 Å². The van der Waals surface area contributed by atoms with Crippen molar-refractivity contribution in [3.05, 3.63) is 24.3 Å². The summed E-state index contributed by atoms with van der Waals surface area (Å²) in [4.78, 5) is 24.4. The van der Waals surface area contributed by atoms with Gasteiger partial charge in [-0.05, 0) is 57.8 Å². The van der Waals surface area contributed by atoms with Gasteiger partial charge in [-0.1, -0.05) is 295 Å². The lowest BCUT2D eigenvalue weighted by molar-refractivity contribution is -0.143. The van der Waals surface area contributed by atoms with Gasteiger partial charge in [0.1, 0.15) is 0 Å². The SMILES string of the molecule is CCCCC/C=C\CCCCCCCC(=O)OCCCCCCCCCCCCCCCCCCCCCCCCCCCCCCCC(=O)NC(CO)C(O)/C=C/CCCCCCCCCCC. The first-order valence-corrected chi connectivity index (χ1v) is 31.1. The summed E-state index contributed by atoms with van der Waals surface area (Å²) in [5, 5.41) is 23.0. The summed E-state index contributed by atoms with van der Waals surface area (Å²) in [6.45, 7) is 4.88. The van der Waals surface area contributed by atoms with Crippen LogP contribution in [-0.4, -0.2) is 47.4 Å². The van der Waals surface area contributed by atoms with E-state index in [1.165, 1.54) is 270 Å². The van der Waals surface area contributed by atoms with Crippen LogP contribution < -0.4 is 5.32 Å². The van der Waals surface area contributed by atoms with Crippen LogP contribution in [0.3, 0.4) is 0 Å². The van der Waals surface area contributed by atoms with Gasteiger partial charge in [0.05, 0.1) is 25.4 Å². The molecule has 6 nitrogen and oxygen atoms in total. The van der Waals surface area contributed by atoms with Crippen molar-refractivity contribution in [1.82, 2.24) is 5.32 Å². The Morgan fingerprint density at radius 1 is 0.391 bits per heavy atom. The maximum Gasteiger partial charge on any atom is 0.305 e. The summed E-state index contributed by atoms with van der Waals surface area (Å²) in [5.41, 5.74) is 0. The van der Waals surface area contributed by atoms with E-state index in [4.69, 9.17) is 4.74 Å². The summed E-state index contributed by atoms with van der Waals surface area (Å²) < 4.78 is 5.47. The molecule has 3 N–H and O–H groups in total. The maximum atomic E-state index is 12.4. The molecule has 2 atom stereocenters. The number of carbonyl (C=O) groups is 2. The Bertz CT molecular complexity index is 1080. The molecule has 6 heteroatoms. The van der Waals surface area contributed by atoms with Crippen LogP contribution in [0.1, 0.15) is 341 Å². The van der Waals surface area contributed by atoms with Crippen LogP contribution in [0.25, 0.3) is 0 Å². The first-order chi connectivity index (χ1) is 34.0. The van der Waals surface area contributed by atoms with Crippen molar-refractivity contribution in [2.24, 2.45) is 0 Å². The molecular formula is C63H121NO5. The molecule has 1 amide bonds. The largest absolute Gasteiger partial charge is 0.466 e. The predicted octanol–water partition coefficient (Wildman–Crippen LogP) is 19.4. The van der Waals surface area contributed by atoms with Gasteiger partial charge in [-0.3, -0.25) is 9.59 Å². The molecule has 0 saturated heterocycles. The molecule has 0 aromatic heterocycles. The Hall–Kier alpha value is -1.66. The van der Waals surface area contributed by atoms with E-state index in [9.17, 15) is 19.8 Å². The van der Waals surface area contributed by atoms with Crippen LogP contribution in [0.4, 0.5) is 0 Å². The number of nitrogens with one attached hydrogen (secondary N) is 1. The van der Waals surface area contributed by atoms with E-state index in [1.807, 2.05) is 6.08 Å². The van der Waals surface area contributed by atoms with Gasteiger partial charge in [0, 0.05) is 12.8 Å². The van der Waals surface area contributed by atoms with Crippen molar-refractivity contribution < 1.29 is 24.5 Å². The van der Waals surface area contributed by atoms with Crippen molar-refractivity contribution in [3.63, 3.8) is 0 Å². The minimum Gasteiger partial charge on any atom is -0.466 e. The van der Waals surface area contributed by atoms with Gasteiger partial charge in [-0.2, -0.15) is 0 Å². The highest BCUT2D eigenvalue weighted by Crippen LogP contribution is 2.18. The number of rotatable bonds is 58. The predicted molar refractivity (Wildman–Crippen MR) is 301 cm³/mol. The molecule has 0 saturated carbocycles. The van der Waals surface area contributed by atoms with Crippen molar-refractivity contribution in [2.45, 2.75) is 353 Å². The summed E-state index contributed by atoms with van der Waals surface area (Å²) >= 11 is 0. The van der Waals surface area contributed by atoms with Crippen LogP contribution in [0.15, 0.2) is 24.3 Å². The molecule has 0 aliphatic carbocycles. The highest BCUT2D eigenvalue weighted by Gasteiger charge is 2.18. The molecule has 0 aliphatic rings. The minimum atomic E-state index is -0.840. The molecule has 0 aliphatic heterocycles. The molecule has 0 heterocycles. The van der Waals surface area contributed by atoms with E-state index in [0.29, 0.717) is 19.4 Å². The number of aliphatic hydroxyl groups is 2. The average molecular weight is 973 g/mol. The van der Waals surface area contributed by atoms with E-state index < -0.39 is 12.1 Å². The summed E-state index contributed by atoms with van der Waals surface area (Å²) in [7, 11) is 0.